The third kappa shape index (κ3) is 2.05. The Bertz CT molecular complexity index is 482. The lowest BCUT2D eigenvalue weighted by Gasteiger charge is -2.16. The second kappa shape index (κ2) is 4.11. The summed E-state index contributed by atoms with van der Waals surface area (Å²) in [5.74, 6) is 1.54. The van der Waals surface area contributed by atoms with Gasteiger partial charge in [-0.1, -0.05) is 12.8 Å². The van der Waals surface area contributed by atoms with E-state index in [-0.39, 0.29) is 11.5 Å². The average molecular weight is 244 g/mol. The van der Waals surface area contributed by atoms with Gasteiger partial charge in [0.05, 0.1) is 0 Å². The number of carbonyl (C=O) groups excluding carboxylic acids is 1. The van der Waals surface area contributed by atoms with Gasteiger partial charge < -0.3 is 4.74 Å². The average Bonchev–Trinajstić information content (AvgIpc) is 2.91. The highest BCUT2D eigenvalue weighted by molar-refractivity contribution is 5.98. The number of fused-ring (bicyclic) bond motifs is 1. The highest BCUT2D eigenvalue weighted by Crippen LogP contribution is 2.36. The molecule has 1 saturated carbocycles. The van der Waals surface area contributed by atoms with E-state index < -0.39 is 0 Å². The van der Waals surface area contributed by atoms with Crippen molar-refractivity contribution in [1.29, 1.82) is 0 Å². The fraction of sp³-hybridized carbons (Fsp3) is 0.562. The first-order valence-electron chi connectivity index (χ1n) is 6.91. The summed E-state index contributed by atoms with van der Waals surface area (Å²) < 4.78 is 5.84. The van der Waals surface area contributed by atoms with Crippen molar-refractivity contribution in [3.63, 3.8) is 0 Å². The molecule has 1 aromatic carbocycles. The lowest BCUT2D eigenvalue weighted by atomic mass is 9.93. The van der Waals surface area contributed by atoms with Crippen LogP contribution in [0, 0.1) is 5.92 Å². The molecule has 1 aliphatic carbocycles. The van der Waals surface area contributed by atoms with Gasteiger partial charge in [-0.15, -0.1) is 0 Å². The zero-order chi connectivity index (χ0) is 12.8. The molecular weight excluding hydrogens is 224 g/mol. The van der Waals surface area contributed by atoms with Crippen LogP contribution in [0.3, 0.4) is 0 Å². The van der Waals surface area contributed by atoms with E-state index in [1.54, 1.807) is 0 Å². The number of Topliss-reactive ketones (excluding diaryl/α,β-unsaturated/α-hetero) is 1. The van der Waals surface area contributed by atoms with Crippen LogP contribution in [0.2, 0.25) is 0 Å². The maximum absolute atomic E-state index is 12.4. The highest BCUT2D eigenvalue weighted by Gasteiger charge is 2.31. The van der Waals surface area contributed by atoms with E-state index in [0.29, 0.717) is 5.78 Å². The molecule has 0 atom stereocenters. The molecule has 18 heavy (non-hydrogen) atoms. The second-order valence-corrected chi connectivity index (χ2v) is 6.21. The molecule has 2 nitrogen and oxygen atoms in total. The van der Waals surface area contributed by atoms with Crippen molar-refractivity contribution in [3.8, 4) is 5.75 Å². The van der Waals surface area contributed by atoms with E-state index in [2.05, 4.69) is 13.8 Å². The van der Waals surface area contributed by atoms with Crippen molar-refractivity contribution >= 4 is 5.78 Å². The highest BCUT2D eigenvalue weighted by atomic mass is 16.5. The summed E-state index contributed by atoms with van der Waals surface area (Å²) in [6.07, 6.45) is 5.44. The number of hydrogen-bond acceptors (Lipinski definition) is 2. The summed E-state index contributed by atoms with van der Waals surface area (Å²) in [5, 5.41) is 0. The molecule has 96 valence electrons. The molecular formula is C16H20O2. The monoisotopic (exact) mass is 244 g/mol. The number of ether oxygens (including phenoxy) is 1. The number of benzene rings is 1. The Hall–Kier alpha value is -1.31. The van der Waals surface area contributed by atoms with E-state index in [9.17, 15) is 4.79 Å². The van der Waals surface area contributed by atoms with Crippen molar-refractivity contribution in [2.45, 2.75) is 51.6 Å². The van der Waals surface area contributed by atoms with Gasteiger partial charge in [-0.3, -0.25) is 4.79 Å². The summed E-state index contributed by atoms with van der Waals surface area (Å²) >= 11 is 0. The maximum atomic E-state index is 12.4. The SMILES string of the molecule is CC1(C)Cc2cc(C(=O)C3CCCC3)ccc2O1. The van der Waals surface area contributed by atoms with Crippen LogP contribution < -0.4 is 4.74 Å². The van der Waals surface area contributed by atoms with Gasteiger partial charge in [-0.2, -0.15) is 0 Å². The van der Waals surface area contributed by atoms with Crippen molar-refractivity contribution < 1.29 is 9.53 Å². The first kappa shape index (κ1) is 11.8. The van der Waals surface area contributed by atoms with Gasteiger partial charge in [0.1, 0.15) is 11.4 Å². The van der Waals surface area contributed by atoms with Crippen LogP contribution in [0.25, 0.3) is 0 Å². The molecule has 1 heterocycles. The van der Waals surface area contributed by atoms with Gasteiger partial charge >= 0.3 is 0 Å². The minimum Gasteiger partial charge on any atom is -0.487 e. The van der Waals surface area contributed by atoms with Crippen LogP contribution >= 0.6 is 0 Å². The van der Waals surface area contributed by atoms with Crippen molar-refractivity contribution in [2.24, 2.45) is 5.92 Å². The van der Waals surface area contributed by atoms with E-state index >= 15 is 0 Å². The standard InChI is InChI=1S/C16H20O2/c1-16(2)10-13-9-12(7-8-14(13)18-16)15(17)11-5-3-4-6-11/h7-9,11H,3-6,10H2,1-2H3. The minimum atomic E-state index is -0.128. The quantitative estimate of drug-likeness (QED) is 0.740. The van der Waals surface area contributed by atoms with Crippen LogP contribution in [-0.4, -0.2) is 11.4 Å². The predicted octanol–water partition coefficient (Wildman–Crippen LogP) is 3.77. The summed E-state index contributed by atoms with van der Waals surface area (Å²) in [7, 11) is 0. The molecule has 0 amide bonds. The maximum Gasteiger partial charge on any atom is 0.165 e. The van der Waals surface area contributed by atoms with Crippen LogP contribution in [0.4, 0.5) is 0 Å². The number of ketones is 1. The molecule has 0 spiro atoms. The fourth-order valence-corrected chi connectivity index (χ4v) is 3.19. The molecule has 0 bridgehead atoms. The first-order chi connectivity index (χ1) is 8.55. The molecule has 0 aromatic heterocycles. The largest absolute Gasteiger partial charge is 0.487 e. The molecule has 3 rings (SSSR count). The van der Waals surface area contributed by atoms with Gasteiger partial charge in [-0.25, -0.2) is 0 Å². The van der Waals surface area contributed by atoms with E-state index in [0.717, 1.165) is 30.6 Å². The first-order valence-corrected chi connectivity index (χ1v) is 6.91. The molecule has 0 saturated heterocycles. The summed E-state index contributed by atoms with van der Waals surface area (Å²) in [6, 6.07) is 5.94. The molecule has 0 radical (unpaired) electrons. The van der Waals surface area contributed by atoms with Crippen molar-refractivity contribution in [1.82, 2.24) is 0 Å². The number of hydrogen-bond donors (Lipinski definition) is 0. The third-order valence-electron chi connectivity index (χ3n) is 4.07. The van der Waals surface area contributed by atoms with Gasteiger partial charge in [0.15, 0.2) is 5.78 Å². The molecule has 2 aliphatic rings. The normalized spacial score (nSPS) is 21.7. The zero-order valence-corrected chi connectivity index (χ0v) is 11.2. The Kier molecular flexibility index (Phi) is 2.69. The fourth-order valence-electron chi connectivity index (χ4n) is 3.19. The Morgan fingerprint density at radius 3 is 2.72 bits per heavy atom. The minimum absolute atomic E-state index is 0.128. The Morgan fingerprint density at radius 1 is 1.28 bits per heavy atom. The molecule has 1 aromatic rings. The van der Waals surface area contributed by atoms with E-state index in [4.69, 9.17) is 4.74 Å². The lowest BCUT2D eigenvalue weighted by molar-refractivity contribution is 0.0923. The summed E-state index contributed by atoms with van der Waals surface area (Å²) in [5.41, 5.74) is 1.93. The predicted molar refractivity (Wildman–Crippen MR) is 71.1 cm³/mol. The van der Waals surface area contributed by atoms with Gasteiger partial charge in [0, 0.05) is 17.9 Å². The molecule has 0 unspecified atom stereocenters. The Balaban J connectivity index is 1.85. The van der Waals surface area contributed by atoms with Crippen LogP contribution in [-0.2, 0) is 6.42 Å². The lowest BCUT2D eigenvalue weighted by Crippen LogP contribution is -2.24. The molecule has 2 heteroatoms. The van der Waals surface area contributed by atoms with Gasteiger partial charge in [0.25, 0.3) is 0 Å². The van der Waals surface area contributed by atoms with Gasteiger partial charge in [0.2, 0.25) is 0 Å². The zero-order valence-electron chi connectivity index (χ0n) is 11.2. The third-order valence-corrected chi connectivity index (χ3v) is 4.07. The van der Waals surface area contributed by atoms with Crippen molar-refractivity contribution in [2.75, 3.05) is 0 Å². The smallest absolute Gasteiger partial charge is 0.165 e. The van der Waals surface area contributed by atoms with E-state index in [1.165, 1.54) is 18.4 Å². The Labute approximate surface area is 108 Å². The summed E-state index contributed by atoms with van der Waals surface area (Å²) in [6.45, 7) is 4.18. The second-order valence-electron chi connectivity index (χ2n) is 6.21. The summed E-state index contributed by atoms with van der Waals surface area (Å²) in [4.78, 5) is 12.4. The Morgan fingerprint density at radius 2 is 2.00 bits per heavy atom. The van der Waals surface area contributed by atoms with E-state index in [1.807, 2.05) is 18.2 Å². The van der Waals surface area contributed by atoms with Crippen molar-refractivity contribution in [3.05, 3.63) is 29.3 Å². The molecule has 1 fully saturated rings. The van der Waals surface area contributed by atoms with Crippen LogP contribution in [0.5, 0.6) is 5.75 Å². The van der Waals surface area contributed by atoms with Gasteiger partial charge in [-0.05, 0) is 50.5 Å². The number of carbonyl (C=O) groups is 1. The number of rotatable bonds is 2. The van der Waals surface area contributed by atoms with Crippen LogP contribution in [0.1, 0.15) is 55.5 Å². The molecule has 0 N–H and O–H groups in total. The molecule has 1 aliphatic heterocycles. The topological polar surface area (TPSA) is 26.3 Å². The van der Waals surface area contributed by atoms with Crippen LogP contribution in [0.15, 0.2) is 18.2 Å².